The molecule has 124 valence electrons. The average molecular weight is 311 g/mol. The van der Waals surface area contributed by atoms with Crippen molar-refractivity contribution < 1.29 is 19.5 Å². The number of hydrogen-bond acceptors (Lipinski definition) is 3. The minimum Gasteiger partial charge on any atom is -0.481 e. The Kier molecular flexibility index (Phi) is 5.63. The van der Waals surface area contributed by atoms with Crippen molar-refractivity contribution in [1.29, 1.82) is 0 Å². The molecule has 0 aromatic rings. The fourth-order valence-corrected chi connectivity index (χ4v) is 3.24. The number of urea groups is 1. The van der Waals surface area contributed by atoms with Crippen molar-refractivity contribution >= 4 is 17.9 Å². The third kappa shape index (κ3) is 3.90. The SMILES string of the molecule is CCNC(=O)N1CCN(C(=O)C2CCC(C(=O)O)CC2)CC1. The van der Waals surface area contributed by atoms with Crippen LogP contribution in [0.3, 0.4) is 0 Å². The van der Waals surface area contributed by atoms with Crippen LogP contribution in [0, 0.1) is 11.8 Å². The first kappa shape index (κ1) is 16.6. The molecule has 1 saturated carbocycles. The maximum atomic E-state index is 12.5. The lowest BCUT2D eigenvalue weighted by Gasteiger charge is -2.37. The molecule has 1 heterocycles. The summed E-state index contributed by atoms with van der Waals surface area (Å²) in [4.78, 5) is 38.7. The highest BCUT2D eigenvalue weighted by molar-refractivity contribution is 5.80. The van der Waals surface area contributed by atoms with E-state index in [0.717, 1.165) is 0 Å². The van der Waals surface area contributed by atoms with E-state index < -0.39 is 5.97 Å². The number of amides is 3. The van der Waals surface area contributed by atoms with Gasteiger partial charge in [-0.25, -0.2) is 4.79 Å². The monoisotopic (exact) mass is 311 g/mol. The van der Waals surface area contributed by atoms with Gasteiger partial charge in [0.2, 0.25) is 5.91 Å². The van der Waals surface area contributed by atoms with E-state index in [9.17, 15) is 14.4 Å². The Morgan fingerprint density at radius 1 is 0.955 bits per heavy atom. The maximum absolute atomic E-state index is 12.5. The average Bonchev–Trinajstić information content (AvgIpc) is 2.54. The number of carboxylic acid groups (broad SMARTS) is 1. The second kappa shape index (κ2) is 7.47. The summed E-state index contributed by atoms with van der Waals surface area (Å²) >= 11 is 0. The van der Waals surface area contributed by atoms with E-state index in [0.29, 0.717) is 58.4 Å². The number of aliphatic carboxylic acids is 1. The Balaban J connectivity index is 1.78. The zero-order valence-electron chi connectivity index (χ0n) is 13.1. The van der Waals surface area contributed by atoms with Crippen LogP contribution in [0.2, 0.25) is 0 Å². The molecule has 3 amide bonds. The molecule has 0 spiro atoms. The maximum Gasteiger partial charge on any atom is 0.317 e. The largest absolute Gasteiger partial charge is 0.481 e. The van der Waals surface area contributed by atoms with Crippen LogP contribution in [0.4, 0.5) is 4.79 Å². The van der Waals surface area contributed by atoms with Crippen molar-refractivity contribution in [3.05, 3.63) is 0 Å². The predicted octanol–water partition coefficient (Wildman–Crippen LogP) is 0.751. The summed E-state index contributed by atoms with van der Waals surface area (Å²) in [5.74, 6) is -0.967. The van der Waals surface area contributed by atoms with Crippen LogP contribution < -0.4 is 5.32 Å². The van der Waals surface area contributed by atoms with Crippen LogP contribution in [0.5, 0.6) is 0 Å². The quantitative estimate of drug-likeness (QED) is 0.805. The van der Waals surface area contributed by atoms with Crippen LogP contribution in [-0.2, 0) is 9.59 Å². The third-order valence-corrected chi connectivity index (χ3v) is 4.63. The van der Waals surface area contributed by atoms with Gasteiger partial charge in [0.05, 0.1) is 5.92 Å². The summed E-state index contributed by atoms with van der Waals surface area (Å²) in [6.45, 7) is 4.73. The first-order valence-electron chi connectivity index (χ1n) is 8.07. The Bertz CT molecular complexity index is 425. The molecule has 2 rings (SSSR count). The van der Waals surface area contributed by atoms with Gasteiger partial charge in [-0.2, -0.15) is 0 Å². The highest BCUT2D eigenvalue weighted by atomic mass is 16.4. The number of carbonyl (C=O) groups is 3. The molecule has 0 aromatic heterocycles. The molecule has 0 radical (unpaired) electrons. The lowest BCUT2D eigenvalue weighted by molar-refractivity contribution is -0.146. The normalized spacial score (nSPS) is 25.7. The van der Waals surface area contributed by atoms with Gasteiger partial charge < -0.3 is 20.2 Å². The lowest BCUT2D eigenvalue weighted by atomic mass is 9.81. The van der Waals surface area contributed by atoms with Gasteiger partial charge in [-0.1, -0.05) is 0 Å². The van der Waals surface area contributed by atoms with Gasteiger partial charge in [0.15, 0.2) is 0 Å². The summed E-state index contributed by atoms with van der Waals surface area (Å²) in [5.41, 5.74) is 0. The van der Waals surface area contributed by atoms with E-state index in [1.807, 2.05) is 11.8 Å². The minimum atomic E-state index is -0.749. The predicted molar refractivity (Wildman–Crippen MR) is 80.3 cm³/mol. The van der Waals surface area contributed by atoms with Crippen LogP contribution in [0.1, 0.15) is 32.6 Å². The third-order valence-electron chi connectivity index (χ3n) is 4.63. The van der Waals surface area contributed by atoms with E-state index >= 15 is 0 Å². The van der Waals surface area contributed by atoms with Gasteiger partial charge in [0.25, 0.3) is 0 Å². The Hall–Kier alpha value is -1.79. The summed E-state index contributed by atoms with van der Waals surface area (Å²) in [5, 5.41) is 11.8. The zero-order valence-corrected chi connectivity index (χ0v) is 13.1. The number of nitrogens with one attached hydrogen (secondary N) is 1. The lowest BCUT2D eigenvalue weighted by Crippen LogP contribution is -2.54. The summed E-state index contributed by atoms with van der Waals surface area (Å²) in [6.07, 6.45) is 2.49. The highest BCUT2D eigenvalue weighted by Crippen LogP contribution is 2.30. The van der Waals surface area contributed by atoms with Crippen molar-refractivity contribution in [1.82, 2.24) is 15.1 Å². The minimum absolute atomic E-state index is 0.0494. The molecule has 7 nitrogen and oxygen atoms in total. The van der Waals surface area contributed by atoms with Crippen molar-refractivity contribution in [3.63, 3.8) is 0 Å². The molecule has 1 aliphatic carbocycles. The van der Waals surface area contributed by atoms with Gasteiger partial charge in [0.1, 0.15) is 0 Å². The van der Waals surface area contributed by atoms with Gasteiger partial charge in [-0.05, 0) is 32.6 Å². The Labute approximate surface area is 130 Å². The standard InChI is InChI=1S/C15H25N3O4/c1-2-16-15(22)18-9-7-17(8-10-18)13(19)11-3-5-12(6-4-11)14(20)21/h11-12H,2-10H2,1H3,(H,16,22)(H,20,21). The topological polar surface area (TPSA) is 90.0 Å². The van der Waals surface area contributed by atoms with Crippen LogP contribution in [0.15, 0.2) is 0 Å². The van der Waals surface area contributed by atoms with Gasteiger partial charge in [-0.3, -0.25) is 9.59 Å². The molecule has 1 aliphatic heterocycles. The Morgan fingerprint density at radius 2 is 1.45 bits per heavy atom. The summed E-state index contributed by atoms with van der Waals surface area (Å²) in [6, 6.07) is -0.0726. The van der Waals surface area contributed by atoms with Crippen molar-refractivity contribution in [2.75, 3.05) is 32.7 Å². The molecule has 22 heavy (non-hydrogen) atoms. The van der Waals surface area contributed by atoms with Crippen molar-refractivity contribution in [3.8, 4) is 0 Å². The number of nitrogens with zero attached hydrogens (tertiary/aromatic N) is 2. The summed E-state index contributed by atoms with van der Waals surface area (Å²) in [7, 11) is 0. The van der Waals surface area contributed by atoms with E-state index in [1.165, 1.54) is 0 Å². The smallest absolute Gasteiger partial charge is 0.317 e. The highest BCUT2D eigenvalue weighted by Gasteiger charge is 2.33. The van der Waals surface area contributed by atoms with Gasteiger partial charge in [0, 0.05) is 38.6 Å². The first-order valence-corrected chi connectivity index (χ1v) is 8.07. The molecule has 0 unspecified atom stereocenters. The second-order valence-corrected chi connectivity index (χ2v) is 6.03. The van der Waals surface area contributed by atoms with Gasteiger partial charge in [-0.15, -0.1) is 0 Å². The molecule has 7 heteroatoms. The van der Waals surface area contributed by atoms with E-state index in [-0.39, 0.29) is 23.8 Å². The van der Waals surface area contributed by atoms with E-state index in [2.05, 4.69) is 5.32 Å². The van der Waals surface area contributed by atoms with Crippen LogP contribution >= 0.6 is 0 Å². The van der Waals surface area contributed by atoms with Crippen LogP contribution in [0.25, 0.3) is 0 Å². The summed E-state index contributed by atoms with van der Waals surface area (Å²) < 4.78 is 0. The molecule has 0 bridgehead atoms. The molecule has 1 saturated heterocycles. The number of carbonyl (C=O) groups excluding carboxylic acids is 2. The first-order chi connectivity index (χ1) is 10.5. The molecule has 2 aliphatic rings. The zero-order chi connectivity index (χ0) is 16.1. The number of piperazine rings is 1. The number of carboxylic acids is 1. The fourth-order valence-electron chi connectivity index (χ4n) is 3.24. The Morgan fingerprint density at radius 3 is 1.95 bits per heavy atom. The second-order valence-electron chi connectivity index (χ2n) is 6.03. The van der Waals surface area contributed by atoms with E-state index in [1.54, 1.807) is 4.90 Å². The molecule has 0 atom stereocenters. The van der Waals surface area contributed by atoms with Crippen molar-refractivity contribution in [2.45, 2.75) is 32.6 Å². The number of rotatable bonds is 3. The fraction of sp³-hybridized carbons (Fsp3) is 0.800. The molecule has 2 fully saturated rings. The molecule has 2 N–H and O–H groups in total. The van der Waals surface area contributed by atoms with Gasteiger partial charge >= 0.3 is 12.0 Å². The number of hydrogen-bond donors (Lipinski definition) is 2. The molecular weight excluding hydrogens is 286 g/mol. The van der Waals surface area contributed by atoms with Crippen LogP contribution in [-0.4, -0.2) is 65.5 Å². The molecule has 0 aromatic carbocycles. The van der Waals surface area contributed by atoms with Crippen molar-refractivity contribution in [2.24, 2.45) is 11.8 Å². The molecular formula is C15H25N3O4. The van der Waals surface area contributed by atoms with E-state index in [4.69, 9.17) is 5.11 Å².